The molecular formula is C29H33ClN4O4. The molecule has 4 rings (SSSR count). The second kappa shape index (κ2) is 11.0. The molecule has 1 aromatic heterocycles. The first-order valence-corrected chi connectivity index (χ1v) is 13.1. The van der Waals surface area contributed by atoms with Gasteiger partial charge in [0.1, 0.15) is 5.60 Å². The number of carbonyl (C=O) groups excluding carboxylic acids is 3. The monoisotopic (exact) mass is 536 g/mol. The van der Waals surface area contributed by atoms with Crippen LogP contribution >= 0.6 is 11.6 Å². The number of ether oxygens (including phenoxy) is 1. The fourth-order valence-electron chi connectivity index (χ4n) is 4.59. The van der Waals surface area contributed by atoms with Crippen LogP contribution in [0.3, 0.4) is 0 Å². The lowest BCUT2D eigenvalue weighted by atomic mass is 9.90. The van der Waals surface area contributed by atoms with E-state index in [2.05, 4.69) is 10.4 Å². The van der Waals surface area contributed by atoms with Crippen molar-refractivity contribution >= 4 is 35.1 Å². The van der Waals surface area contributed by atoms with Crippen LogP contribution in [0.1, 0.15) is 78.4 Å². The lowest BCUT2D eigenvalue weighted by molar-refractivity contribution is 0.0203. The number of likely N-dealkylation sites (tertiary alicyclic amines) is 1. The van der Waals surface area contributed by atoms with Crippen molar-refractivity contribution in [1.82, 2.24) is 14.7 Å². The minimum atomic E-state index is -0.565. The summed E-state index contributed by atoms with van der Waals surface area (Å²) in [5, 5.41) is 8.16. The highest BCUT2D eigenvalue weighted by molar-refractivity contribution is 6.31. The Morgan fingerprint density at radius 1 is 1.05 bits per heavy atom. The number of carbonyl (C=O) groups is 3. The quantitative estimate of drug-likeness (QED) is 0.381. The summed E-state index contributed by atoms with van der Waals surface area (Å²) in [5.74, 6) is -0.354. The number of Topliss-reactive ketones (excluding diaryl/α,β-unsaturated/α-hetero) is 1. The molecule has 3 aromatic rings. The highest BCUT2D eigenvalue weighted by atomic mass is 35.5. The molecule has 200 valence electrons. The van der Waals surface area contributed by atoms with Crippen LogP contribution in [0.4, 0.5) is 10.5 Å². The van der Waals surface area contributed by atoms with Gasteiger partial charge in [-0.1, -0.05) is 17.7 Å². The summed E-state index contributed by atoms with van der Waals surface area (Å²) in [7, 11) is 0. The third kappa shape index (κ3) is 6.07. The summed E-state index contributed by atoms with van der Waals surface area (Å²) >= 11 is 6.42. The number of nitrogens with one attached hydrogen (secondary N) is 1. The van der Waals surface area contributed by atoms with Gasteiger partial charge in [-0.15, -0.1) is 0 Å². The number of ketones is 1. The van der Waals surface area contributed by atoms with Gasteiger partial charge in [0, 0.05) is 35.3 Å². The van der Waals surface area contributed by atoms with E-state index in [0.717, 1.165) is 16.9 Å². The van der Waals surface area contributed by atoms with Gasteiger partial charge in [0.15, 0.2) is 5.78 Å². The van der Waals surface area contributed by atoms with Crippen molar-refractivity contribution in [2.75, 3.05) is 18.4 Å². The predicted octanol–water partition coefficient (Wildman–Crippen LogP) is 6.40. The lowest BCUT2D eigenvalue weighted by Gasteiger charge is -2.34. The van der Waals surface area contributed by atoms with Gasteiger partial charge in [0.2, 0.25) is 0 Å². The number of hydrogen-bond donors (Lipinski definition) is 1. The smallest absolute Gasteiger partial charge is 0.410 e. The largest absolute Gasteiger partial charge is 0.444 e. The number of piperidine rings is 1. The maximum Gasteiger partial charge on any atom is 0.410 e. The summed E-state index contributed by atoms with van der Waals surface area (Å²) in [6.45, 7) is 9.98. The third-order valence-electron chi connectivity index (χ3n) is 6.60. The van der Waals surface area contributed by atoms with Crippen LogP contribution in [0.25, 0.3) is 5.69 Å². The second-order valence-electron chi connectivity index (χ2n) is 10.6. The normalized spacial score (nSPS) is 14.3. The van der Waals surface area contributed by atoms with Crippen molar-refractivity contribution in [1.29, 1.82) is 0 Å². The standard InChI is InChI=1S/C29H33ClN4O4/c1-18-24(30)7-6-8-25(18)34-26(21-13-15-33(16-14-21)28(37)38-29(3,4)5)23(17-31-34)27(36)32-22-11-9-20(10-12-22)19(2)35/h6-12,17,21H,13-16H2,1-5H3,(H,32,36). The summed E-state index contributed by atoms with van der Waals surface area (Å²) in [6, 6.07) is 12.4. The van der Waals surface area contributed by atoms with E-state index in [1.54, 1.807) is 40.0 Å². The maximum atomic E-state index is 13.5. The molecule has 1 saturated heterocycles. The number of anilines is 1. The summed E-state index contributed by atoms with van der Waals surface area (Å²) < 4.78 is 7.34. The Bertz CT molecular complexity index is 1350. The second-order valence-corrected chi connectivity index (χ2v) is 11.0. The molecular weight excluding hydrogens is 504 g/mol. The zero-order valence-corrected chi connectivity index (χ0v) is 23.1. The van der Waals surface area contributed by atoms with E-state index in [9.17, 15) is 14.4 Å². The number of aromatic nitrogens is 2. The summed E-state index contributed by atoms with van der Waals surface area (Å²) in [6.07, 6.45) is 2.55. The minimum absolute atomic E-state index is 0.0181. The van der Waals surface area contributed by atoms with E-state index in [0.29, 0.717) is 47.8 Å². The van der Waals surface area contributed by atoms with Gasteiger partial charge in [-0.25, -0.2) is 9.48 Å². The van der Waals surface area contributed by atoms with Gasteiger partial charge >= 0.3 is 6.09 Å². The fraction of sp³-hybridized carbons (Fsp3) is 0.379. The molecule has 2 heterocycles. The molecule has 1 aliphatic rings. The Labute approximate surface area is 227 Å². The van der Waals surface area contributed by atoms with Crippen LogP contribution in [-0.2, 0) is 4.74 Å². The first kappa shape index (κ1) is 27.4. The Hall–Kier alpha value is -3.65. The van der Waals surface area contributed by atoms with Gasteiger partial charge in [-0.2, -0.15) is 5.10 Å². The topological polar surface area (TPSA) is 93.5 Å². The van der Waals surface area contributed by atoms with Crippen LogP contribution in [0.2, 0.25) is 5.02 Å². The SMILES string of the molecule is CC(=O)c1ccc(NC(=O)c2cnn(-c3cccc(Cl)c3C)c2C2CCN(C(=O)OC(C)(C)C)CC2)cc1. The molecule has 0 aliphatic carbocycles. The van der Waals surface area contributed by atoms with Gasteiger partial charge in [0.05, 0.1) is 23.1 Å². The Morgan fingerprint density at radius 3 is 2.32 bits per heavy atom. The number of hydrogen-bond acceptors (Lipinski definition) is 5. The van der Waals surface area contributed by atoms with Gasteiger partial charge in [0.25, 0.3) is 5.91 Å². The molecule has 0 atom stereocenters. The van der Waals surface area contributed by atoms with Crippen molar-refractivity contribution in [3.05, 3.63) is 76.1 Å². The summed E-state index contributed by atoms with van der Waals surface area (Å²) in [4.78, 5) is 39.4. The van der Waals surface area contributed by atoms with Gasteiger partial charge in [-0.05, 0) is 89.4 Å². The van der Waals surface area contributed by atoms with E-state index in [-0.39, 0.29) is 23.7 Å². The highest BCUT2D eigenvalue weighted by Crippen LogP contribution is 2.34. The molecule has 0 spiro atoms. The summed E-state index contributed by atoms with van der Waals surface area (Å²) in [5.41, 5.74) is 3.48. The average molecular weight is 537 g/mol. The van der Waals surface area contributed by atoms with Crippen molar-refractivity contribution in [3.8, 4) is 5.69 Å². The van der Waals surface area contributed by atoms with Crippen molar-refractivity contribution in [2.45, 2.75) is 59.0 Å². The lowest BCUT2D eigenvalue weighted by Crippen LogP contribution is -2.41. The first-order chi connectivity index (χ1) is 17.9. The van der Waals surface area contributed by atoms with E-state index in [1.807, 2.05) is 45.9 Å². The minimum Gasteiger partial charge on any atom is -0.444 e. The van der Waals surface area contributed by atoms with Crippen LogP contribution in [0, 0.1) is 6.92 Å². The molecule has 0 saturated carbocycles. The van der Waals surface area contributed by atoms with Crippen LogP contribution in [0.5, 0.6) is 0 Å². The van der Waals surface area contributed by atoms with E-state index < -0.39 is 5.60 Å². The molecule has 0 unspecified atom stereocenters. The van der Waals surface area contributed by atoms with Crippen molar-refractivity contribution < 1.29 is 19.1 Å². The Kier molecular flexibility index (Phi) is 7.92. The average Bonchev–Trinajstić information content (AvgIpc) is 3.30. The molecule has 0 radical (unpaired) electrons. The molecule has 2 amide bonds. The molecule has 9 heteroatoms. The number of nitrogens with zero attached hydrogens (tertiary/aromatic N) is 3. The van der Waals surface area contributed by atoms with E-state index in [4.69, 9.17) is 16.3 Å². The van der Waals surface area contributed by atoms with E-state index in [1.165, 1.54) is 6.92 Å². The third-order valence-corrected chi connectivity index (χ3v) is 7.01. The number of rotatable bonds is 5. The molecule has 1 aliphatic heterocycles. The van der Waals surface area contributed by atoms with Crippen molar-refractivity contribution in [2.24, 2.45) is 0 Å². The van der Waals surface area contributed by atoms with Gasteiger partial charge in [-0.3, -0.25) is 9.59 Å². The van der Waals surface area contributed by atoms with Crippen LogP contribution < -0.4 is 5.32 Å². The Morgan fingerprint density at radius 2 is 1.71 bits per heavy atom. The molecule has 8 nitrogen and oxygen atoms in total. The van der Waals surface area contributed by atoms with Crippen LogP contribution in [0.15, 0.2) is 48.7 Å². The number of amides is 2. The Balaban J connectivity index is 1.64. The zero-order valence-electron chi connectivity index (χ0n) is 22.4. The number of halogens is 1. The molecule has 38 heavy (non-hydrogen) atoms. The fourth-order valence-corrected chi connectivity index (χ4v) is 4.76. The highest BCUT2D eigenvalue weighted by Gasteiger charge is 2.32. The maximum absolute atomic E-state index is 13.5. The van der Waals surface area contributed by atoms with Crippen LogP contribution in [-0.4, -0.2) is 51.2 Å². The van der Waals surface area contributed by atoms with Gasteiger partial charge < -0.3 is 15.0 Å². The molecule has 0 bridgehead atoms. The van der Waals surface area contributed by atoms with E-state index >= 15 is 0 Å². The molecule has 1 fully saturated rings. The predicted molar refractivity (Wildman–Crippen MR) is 147 cm³/mol. The van der Waals surface area contributed by atoms with Crippen molar-refractivity contribution in [3.63, 3.8) is 0 Å². The molecule has 1 N–H and O–H groups in total. The molecule has 2 aromatic carbocycles. The number of benzene rings is 2. The zero-order chi connectivity index (χ0) is 27.6. The first-order valence-electron chi connectivity index (χ1n) is 12.7.